The van der Waals surface area contributed by atoms with Crippen molar-refractivity contribution >= 4 is 5.91 Å². The summed E-state index contributed by atoms with van der Waals surface area (Å²) in [6, 6.07) is 0.366. The number of nitrogens with one attached hydrogen (secondary N) is 2. The van der Waals surface area contributed by atoms with Crippen LogP contribution in [0.4, 0.5) is 0 Å². The summed E-state index contributed by atoms with van der Waals surface area (Å²) in [7, 11) is 0. The van der Waals surface area contributed by atoms with E-state index in [1.807, 2.05) is 0 Å². The second-order valence-electron chi connectivity index (χ2n) is 5.91. The fourth-order valence-corrected chi connectivity index (χ4v) is 3.16. The van der Waals surface area contributed by atoms with Crippen LogP contribution in [-0.4, -0.2) is 25.0 Å². The fourth-order valence-electron chi connectivity index (χ4n) is 3.16. The zero-order valence-corrected chi connectivity index (χ0v) is 11.2. The van der Waals surface area contributed by atoms with E-state index in [0.717, 1.165) is 38.3 Å². The summed E-state index contributed by atoms with van der Waals surface area (Å²) < 4.78 is 0. The van der Waals surface area contributed by atoms with Crippen molar-refractivity contribution in [3.05, 3.63) is 0 Å². The first kappa shape index (κ1) is 12.9. The van der Waals surface area contributed by atoms with Crippen LogP contribution in [0, 0.1) is 11.3 Å². The van der Waals surface area contributed by atoms with Crippen molar-refractivity contribution in [3.8, 4) is 0 Å². The summed E-state index contributed by atoms with van der Waals surface area (Å²) in [5, 5.41) is 6.62. The van der Waals surface area contributed by atoms with Gasteiger partial charge >= 0.3 is 0 Å². The van der Waals surface area contributed by atoms with Crippen LogP contribution in [0.1, 0.15) is 52.4 Å². The van der Waals surface area contributed by atoms with Crippen LogP contribution in [0.3, 0.4) is 0 Å². The SMILES string of the molecule is CCCC1(C(=O)NC(C)C2CCC2)CCNC1. The van der Waals surface area contributed by atoms with Crippen LogP contribution in [0.15, 0.2) is 0 Å². The van der Waals surface area contributed by atoms with Gasteiger partial charge in [-0.3, -0.25) is 4.79 Å². The van der Waals surface area contributed by atoms with E-state index in [1.165, 1.54) is 19.3 Å². The smallest absolute Gasteiger partial charge is 0.227 e. The van der Waals surface area contributed by atoms with Crippen LogP contribution < -0.4 is 10.6 Å². The molecule has 17 heavy (non-hydrogen) atoms. The predicted molar refractivity (Wildman–Crippen MR) is 69.8 cm³/mol. The maximum atomic E-state index is 12.5. The molecule has 2 atom stereocenters. The van der Waals surface area contributed by atoms with Gasteiger partial charge in [0.05, 0.1) is 5.41 Å². The van der Waals surface area contributed by atoms with Crippen molar-refractivity contribution in [2.75, 3.05) is 13.1 Å². The molecule has 0 radical (unpaired) electrons. The Hall–Kier alpha value is -0.570. The highest BCUT2D eigenvalue weighted by Crippen LogP contribution is 2.33. The fraction of sp³-hybridized carbons (Fsp3) is 0.929. The third kappa shape index (κ3) is 2.65. The molecule has 2 N–H and O–H groups in total. The normalized spacial score (nSPS) is 30.9. The second kappa shape index (κ2) is 5.38. The van der Waals surface area contributed by atoms with E-state index in [2.05, 4.69) is 24.5 Å². The number of hydrogen-bond donors (Lipinski definition) is 2. The van der Waals surface area contributed by atoms with E-state index < -0.39 is 0 Å². The predicted octanol–water partition coefficient (Wildman–Crippen LogP) is 2.07. The molecule has 3 heteroatoms. The molecular formula is C14H26N2O. The molecule has 2 rings (SSSR count). The Labute approximate surface area is 105 Å². The van der Waals surface area contributed by atoms with Crippen LogP contribution in [0.25, 0.3) is 0 Å². The van der Waals surface area contributed by atoms with Crippen molar-refractivity contribution in [2.45, 2.75) is 58.4 Å². The van der Waals surface area contributed by atoms with Gasteiger partial charge in [0.2, 0.25) is 5.91 Å². The van der Waals surface area contributed by atoms with E-state index in [1.54, 1.807) is 0 Å². The van der Waals surface area contributed by atoms with Crippen LogP contribution in [0.5, 0.6) is 0 Å². The third-order valence-electron chi connectivity index (χ3n) is 4.67. The van der Waals surface area contributed by atoms with Gasteiger partial charge in [-0.2, -0.15) is 0 Å². The minimum absolute atomic E-state index is 0.118. The molecule has 0 spiro atoms. The number of rotatable bonds is 5. The Morgan fingerprint density at radius 1 is 1.53 bits per heavy atom. The molecule has 2 aliphatic rings. The molecule has 3 nitrogen and oxygen atoms in total. The first-order valence-corrected chi connectivity index (χ1v) is 7.19. The molecule has 98 valence electrons. The molecule has 0 aromatic heterocycles. The monoisotopic (exact) mass is 238 g/mol. The quantitative estimate of drug-likeness (QED) is 0.770. The van der Waals surface area contributed by atoms with Gasteiger partial charge in [0.1, 0.15) is 0 Å². The Balaban J connectivity index is 1.91. The lowest BCUT2D eigenvalue weighted by atomic mass is 9.78. The third-order valence-corrected chi connectivity index (χ3v) is 4.67. The Morgan fingerprint density at radius 2 is 2.29 bits per heavy atom. The summed E-state index contributed by atoms with van der Waals surface area (Å²) in [6.07, 6.45) is 7.04. The van der Waals surface area contributed by atoms with Crippen LogP contribution >= 0.6 is 0 Å². The lowest BCUT2D eigenvalue weighted by Gasteiger charge is -2.35. The molecule has 1 heterocycles. The van der Waals surface area contributed by atoms with Crippen molar-refractivity contribution in [2.24, 2.45) is 11.3 Å². The van der Waals surface area contributed by atoms with Crippen LogP contribution in [-0.2, 0) is 4.79 Å². The highest BCUT2D eigenvalue weighted by Gasteiger charge is 2.41. The maximum Gasteiger partial charge on any atom is 0.227 e. The number of hydrogen-bond acceptors (Lipinski definition) is 2. The average molecular weight is 238 g/mol. The number of carbonyl (C=O) groups excluding carboxylic acids is 1. The zero-order valence-electron chi connectivity index (χ0n) is 11.2. The number of amides is 1. The van der Waals surface area contributed by atoms with E-state index >= 15 is 0 Å². The van der Waals surface area contributed by atoms with E-state index in [9.17, 15) is 4.79 Å². The van der Waals surface area contributed by atoms with Gasteiger partial charge in [0.15, 0.2) is 0 Å². The molecule has 1 saturated carbocycles. The Kier molecular flexibility index (Phi) is 4.08. The Bertz CT molecular complexity index is 267. The van der Waals surface area contributed by atoms with Gasteiger partial charge < -0.3 is 10.6 Å². The van der Waals surface area contributed by atoms with Crippen molar-refractivity contribution in [1.82, 2.24) is 10.6 Å². The molecule has 0 bridgehead atoms. The van der Waals surface area contributed by atoms with Gasteiger partial charge in [-0.05, 0) is 45.1 Å². The van der Waals surface area contributed by atoms with Gasteiger partial charge in [0.25, 0.3) is 0 Å². The second-order valence-corrected chi connectivity index (χ2v) is 5.91. The van der Waals surface area contributed by atoms with Crippen LogP contribution in [0.2, 0.25) is 0 Å². The topological polar surface area (TPSA) is 41.1 Å². The first-order chi connectivity index (χ1) is 8.18. The summed E-state index contributed by atoms with van der Waals surface area (Å²) in [5.41, 5.74) is -0.118. The molecule has 1 saturated heterocycles. The van der Waals surface area contributed by atoms with Crippen molar-refractivity contribution in [3.63, 3.8) is 0 Å². The molecule has 1 aliphatic carbocycles. The van der Waals surface area contributed by atoms with Gasteiger partial charge in [-0.1, -0.05) is 19.8 Å². The molecular weight excluding hydrogens is 212 g/mol. The summed E-state index contributed by atoms with van der Waals surface area (Å²) >= 11 is 0. The number of carbonyl (C=O) groups is 1. The van der Waals surface area contributed by atoms with Gasteiger partial charge in [-0.25, -0.2) is 0 Å². The minimum Gasteiger partial charge on any atom is -0.353 e. The highest BCUT2D eigenvalue weighted by molar-refractivity contribution is 5.83. The molecule has 2 unspecified atom stereocenters. The lowest BCUT2D eigenvalue weighted by molar-refractivity contribution is -0.131. The van der Waals surface area contributed by atoms with E-state index in [0.29, 0.717) is 11.9 Å². The summed E-state index contributed by atoms with van der Waals surface area (Å²) in [6.45, 7) is 6.20. The minimum atomic E-state index is -0.118. The van der Waals surface area contributed by atoms with E-state index in [4.69, 9.17) is 0 Å². The molecule has 0 aromatic rings. The molecule has 0 aromatic carbocycles. The van der Waals surface area contributed by atoms with Gasteiger partial charge in [-0.15, -0.1) is 0 Å². The maximum absolute atomic E-state index is 12.5. The highest BCUT2D eigenvalue weighted by atomic mass is 16.2. The summed E-state index contributed by atoms with van der Waals surface area (Å²) in [5.74, 6) is 1.02. The van der Waals surface area contributed by atoms with Crippen molar-refractivity contribution < 1.29 is 4.79 Å². The Morgan fingerprint density at radius 3 is 2.76 bits per heavy atom. The zero-order chi connectivity index (χ0) is 12.3. The standard InChI is InChI=1S/C14H26N2O/c1-3-7-14(8-9-15-10-14)13(17)16-11(2)12-5-4-6-12/h11-12,15H,3-10H2,1-2H3,(H,16,17). The first-order valence-electron chi connectivity index (χ1n) is 7.19. The van der Waals surface area contributed by atoms with E-state index in [-0.39, 0.29) is 5.41 Å². The molecule has 2 fully saturated rings. The van der Waals surface area contributed by atoms with Crippen molar-refractivity contribution in [1.29, 1.82) is 0 Å². The largest absolute Gasteiger partial charge is 0.353 e. The average Bonchev–Trinajstić information content (AvgIpc) is 2.65. The summed E-state index contributed by atoms with van der Waals surface area (Å²) in [4.78, 5) is 12.5. The molecule has 1 amide bonds. The lowest BCUT2D eigenvalue weighted by Crippen LogP contribution is -2.49. The molecule has 1 aliphatic heterocycles. The van der Waals surface area contributed by atoms with Gasteiger partial charge in [0, 0.05) is 12.6 Å².